The van der Waals surface area contributed by atoms with Gasteiger partial charge in [0.05, 0.1) is 5.02 Å². The van der Waals surface area contributed by atoms with Gasteiger partial charge < -0.3 is 10.4 Å². The topological polar surface area (TPSA) is 35.5 Å². The van der Waals surface area contributed by atoms with Gasteiger partial charge in [-0.2, -0.15) is 0 Å². The Morgan fingerprint density at radius 2 is 1.71 bits per heavy atom. The van der Waals surface area contributed by atoms with Gasteiger partial charge in [-0.05, 0) is 12.1 Å². The zero-order valence-corrected chi connectivity index (χ0v) is 14.0. The maximum Gasteiger partial charge on any atom is 0.258 e. The molecule has 1 aliphatic rings. The Labute approximate surface area is 144 Å². The Morgan fingerprint density at radius 3 is 2.19 bits per heavy atom. The number of halogens is 6. The lowest BCUT2D eigenvalue weighted by Gasteiger charge is -2.35. The molecule has 1 atom stereocenters. The molecular weight excluding hydrogens is 368 g/mol. The molecular formula is C12H16Cl4F2N2O. The first-order valence-electron chi connectivity index (χ1n) is 5.91. The zero-order chi connectivity index (χ0) is 14.0. The van der Waals surface area contributed by atoms with Crippen LogP contribution >= 0.6 is 48.0 Å². The minimum atomic E-state index is -2.64. The monoisotopic (exact) mass is 382 g/mol. The van der Waals surface area contributed by atoms with E-state index in [9.17, 15) is 13.9 Å². The van der Waals surface area contributed by atoms with Crippen LogP contribution in [0.4, 0.5) is 8.78 Å². The average Bonchev–Trinajstić information content (AvgIpc) is 2.34. The third-order valence-corrected chi connectivity index (χ3v) is 3.68. The van der Waals surface area contributed by atoms with Crippen LogP contribution in [-0.4, -0.2) is 42.6 Å². The van der Waals surface area contributed by atoms with Crippen LogP contribution in [0.1, 0.15) is 11.6 Å². The van der Waals surface area contributed by atoms with Crippen molar-refractivity contribution < 1.29 is 13.9 Å². The van der Waals surface area contributed by atoms with Crippen LogP contribution in [0.25, 0.3) is 0 Å². The molecule has 0 saturated carbocycles. The van der Waals surface area contributed by atoms with E-state index in [0.29, 0.717) is 26.2 Å². The number of piperazine rings is 1. The van der Waals surface area contributed by atoms with E-state index >= 15 is 0 Å². The lowest BCUT2D eigenvalue weighted by Crippen LogP contribution is -2.47. The van der Waals surface area contributed by atoms with E-state index in [0.717, 1.165) is 0 Å². The first-order valence-corrected chi connectivity index (χ1v) is 6.67. The molecule has 1 saturated heterocycles. The van der Waals surface area contributed by atoms with Crippen LogP contribution in [0, 0.1) is 0 Å². The third kappa shape index (κ3) is 4.98. The number of rotatable bonds is 3. The van der Waals surface area contributed by atoms with E-state index in [1.54, 1.807) is 4.90 Å². The van der Waals surface area contributed by atoms with E-state index in [1.165, 1.54) is 12.1 Å². The summed E-state index contributed by atoms with van der Waals surface area (Å²) in [7, 11) is 0. The van der Waals surface area contributed by atoms with Crippen molar-refractivity contribution in [1.29, 1.82) is 0 Å². The van der Waals surface area contributed by atoms with Crippen molar-refractivity contribution in [3.05, 3.63) is 27.7 Å². The summed E-state index contributed by atoms with van der Waals surface area (Å²) in [5.41, 5.74) is 0.0444. The van der Waals surface area contributed by atoms with Gasteiger partial charge in [0.2, 0.25) is 0 Å². The lowest BCUT2D eigenvalue weighted by atomic mass is 10.0. The smallest absolute Gasteiger partial charge is 0.258 e. The van der Waals surface area contributed by atoms with E-state index in [2.05, 4.69) is 5.32 Å². The summed E-state index contributed by atoms with van der Waals surface area (Å²) in [4.78, 5) is 1.62. The highest BCUT2D eigenvalue weighted by atomic mass is 35.5. The second-order valence-electron chi connectivity index (χ2n) is 4.39. The van der Waals surface area contributed by atoms with Crippen LogP contribution in [-0.2, 0) is 0 Å². The van der Waals surface area contributed by atoms with Gasteiger partial charge in [0.25, 0.3) is 6.43 Å². The fourth-order valence-corrected chi connectivity index (χ4v) is 2.89. The second kappa shape index (κ2) is 9.18. The Kier molecular flexibility index (Phi) is 9.16. The number of alkyl halides is 2. The molecule has 9 heteroatoms. The van der Waals surface area contributed by atoms with Gasteiger partial charge in [0.15, 0.2) is 0 Å². The number of nitrogens with one attached hydrogen (secondary N) is 1. The molecule has 2 N–H and O–H groups in total. The Bertz CT molecular complexity index is 436. The standard InChI is InChI=1S/C12H14Cl2F2N2O.2ClH/c13-7-5-8(14)10(9(19)6-7)11(12(15)16)18-3-1-17-2-4-18;;/h5-6,11-12,17,19H,1-4H2;2*1H/t11-;;/m0../s1. The van der Waals surface area contributed by atoms with Gasteiger partial charge in [-0.15, -0.1) is 24.8 Å². The molecule has 0 unspecified atom stereocenters. The predicted molar refractivity (Wildman–Crippen MR) is 85.8 cm³/mol. The molecule has 0 aliphatic carbocycles. The molecule has 1 aliphatic heterocycles. The van der Waals surface area contributed by atoms with Gasteiger partial charge in [-0.3, -0.25) is 4.90 Å². The molecule has 2 rings (SSSR count). The molecule has 21 heavy (non-hydrogen) atoms. The predicted octanol–water partition coefficient (Wildman–Crippen LogP) is 3.75. The van der Waals surface area contributed by atoms with Gasteiger partial charge in [-0.25, -0.2) is 8.78 Å². The first kappa shape index (κ1) is 21.0. The summed E-state index contributed by atoms with van der Waals surface area (Å²) in [5, 5.41) is 13.3. The van der Waals surface area contributed by atoms with Gasteiger partial charge in [0, 0.05) is 36.8 Å². The van der Waals surface area contributed by atoms with Crippen LogP contribution in [0.3, 0.4) is 0 Å². The van der Waals surface area contributed by atoms with Crippen molar-refractivity contribution in [3.63, 3.8) is 0 Å². The first-order chi connectivity index (χ1) is 9.00. The molecule has 1 aromatic carbocycles. The number of hydrogen-bond acceptors (Lipinski definition) is 3. The van der Waals surface area contributed by atoms with Crippen LogP contribution in [0.2, 0.25) is 10.0 Å². The quantitative estimate of drug-likeness (QED) is 0.834. The summed E-state index contributed by atoms with van der Waals surface area (Å²) in [6, 6.07) is 1.39. The minimum Gasteiger partial charge on any atom is -0.507 e. The largest absolute Gasteiger partial charge is 0.507 e. The van der Waals surface area contributed by atoms with E-state index < -0.39 is 12.5 Å². The molecule has 1 heterocycles. The maximum atomic E-state index is 13.4. The third-order valence-electron chi connectivity index (χ3n) is 3.15. The summed E-state index contributed by atoms with van der Waals surface area (Å²) < 4.78 is 26.7. The highest BCUT2D eigenvalue weighted by molar-refractivity contribution is 6.35. The summed E-state index contributed by atoms with van der Waals surface area (Å²) in [5.74, 6) is -0.290. The van der Waals surface area contributed by atoms with Crippen molar-refractivity contribution in [3.8, 4) is 5.75 Å². The number of benzene rings is 1. The fourth-order valence-electron chi connectivity index (χ4n) is 2.29. The summed E-state index contributed by atoms with van der Waals surface area (Å²) >= 11 is 11.7. The number of nitrogens with zero attached hydrogens (tertiary/aromatic N) is 1. The van der Waals surface area contributed by atoms with Gasteiger partial charge in [0.1, 0.15) is 11.8 Å². The summed E-state index contributed by atoms with van der Waals surface area (Å²) in [6.07, 6.45) is -2.64. The average molecular weight is 384 g/mol. The van der Waals surface area contributed by atoms with Crippen molar-refractivity contribution in [2.75, 3.05) is 26.2 Å². The normalized spacial score (nSPS) is 17.0. The molecule has 1 fully saturated rings. The van der Waals surface area contributed by atoms with E-state index in [1.807, 2.05) is 0 Å². The molecule has 3 nitrogen and oxygen atoms in total. The van der Waals surface area contributed by atoms with Gasteiger partial charge in [-0.1, -0.05) is 23.2 Å². The molecule has 0 spiro atoms. The number of hydrogen-bond donors (Lipinski definition) is 2. The highest BCUT2D eigenvalue weighted by Gasteiger charge is 2.33. The fraction of sp³-hybridized carbons (Fsp3) is 0.500. The van der Waals surface area contributed by atoms with Crippen LogP contribution in [0.15, 0.2) is 12.1 Å². The van der Waals surface area contributed by atoms with E-state index in [-0.39, 0.29) is 46.2 Å². The highest BCUT2D eigenvalue weighted by Crippen LogP contribution is 2.40. The zero-order valence-electron chi connectivity index (χ0n) is 10.9. The molecule has 122 valence electrons. The Morgan fingerprint density at radius 1 is 1.14 bits per heavy atom. The van der Waals surface area contributed by atoms with E-state index in [4.69, 9.17) is 23.2 Å². The lowest BCUT2D eigenvalue weighted by molar-refractivity contribution is 0.0171. The number of phenolic OH excluding ortho intramolecular Hbond substituents is 1. The minimum absolute atomic E-state index is 0. The van der Waals surface area contributed by atoms with Crippen molar-refractivity contribution in [2.45, 2.75) is 12.5 Å². The second-order valence-corrected chi connectivity index (χ2v) is 5.23. The molecule has 0 amide bonds. The molecule has 1 aromatic rings. The molecule has 0 bridgehead atoms. The molecule has 0 radical (unpaired) electrons. The Balaban J connectivity index is 0.00000200. The van der Waals surface area contributed by atoms with Crippen molar-refractivity contribution >= 4 is 48.0 Å². The summed E-state index contributed by atoms with van der Waals surface area (Å²) in [6.45, 7) is 2.23. The Hall–Kier alpha value is -0.0400. The van der Waals surface area contributed by atoms with Crippen molar-refractivity contribution in [2.24, 2.45) is 0 Å². The maximum absolute atomic E-state index is 13.4. The number of aromatic hydroxyl groups is 1. The SMILES string of the molecule is Cl.Cl.Oc1cc(Cl)cc(Cl)c1[C@@H](C(F)F)N1CCNCC1. The van der Waals surface area contributed by atoms with Crippen LogP contribution < -0.4 is 5.32 Å². The number of phenols is 1. The molecule has 0 aromatic heterocycles. The van der Waals surface area contributed by atoms with Crippen LogP contribution in [0.5, 0.6) is 5.75 Å². The van der Waals surface area contributed by atoms with Gasteiger partial charge >= 0.3 is 0 Å². The van der Waals surface area contributed by atoms with Crippen molar-refractivity contribution in [1.82, 2.24) is 10.2 Å².